The molecule has 0 aliphatic heterocycles. The second-order valence-electron chi connectivity index (χ2n) is 3.09. The zero-order chi connectivity index (χ0) is 10.5. The van der Waals surface area contributed by atoms with Crippen LogP contribution in [0.25, 0.3) is 0 Å². The summed E-state index contributed by atoms with van der Waals surface area (Å²) >= 11 is 0. The number of para-hydroxylation sites is 1. The largest absolute Gasteiger partial charge is 0.439 e. The zero-order valence-electron chi connectivity index (χ0n) is 8.26. The lowest BCUT2D eigenvalue weighted by molar-refractivity contribution is 0.461. The minimum Gasteiger partial charge on any atom is -0.439 e. The number of nitrogens with zero attached hydrogens (tertiary/aromatic N) is 1. The first-order valence-electron chi connectivity index (χ1n) is 4.77. The highest BCUT2D eigenvalue weighted by molar-refractivity contribution is 5.27. The van der Waals surface area contributed by atoms with Gasteiger partial charge in [0.15, 0.2) is 0 Å². The highest BCUT2D eigenvalue weighted by Crippen LogP contribution is 2.18. The van der Waals surface area contributed by atoms with Gasteiger partial charge in [0.2, 0.25) is 5.88 Å². The van der Waals surface area contributed by atoms with Crippen molar-refractivity contribution >= 4 is 0 Å². The minimum atomic E-state index is 0.423. The smallest absolute Gasteiger partial charge is 0.219 e. The Hall–Kier alpha value is -1.83. The Morgan fingerprint density at radius 3 is 2.53 bits per heavy atom. The van der Waals surface area contributed by atoms with Crippen LogP contribution in [0.3, 0.4) is 0 Å². The predicted molar refractivity (Wildman–Crippen MR) is 58.8 cm³/mol. The molecule has 2 radical (unpaired) electrons. The molecule has 0 fully saturated rings. The predicted octanol–water partition coefficient (Wildman–Crippen LogP) is 3.13. The van der Waals surface area contributed by atoms with E-state index in [1.54, 1.807) is 0 Å². The lowest BCUT2D eigenvalue weighted by atomic mass is 10.3. The van der Waals surface area contributed by atoms with E-state index in [1.165, 1.54) is 0 Å². The van der Waals surface area contributed by atoms with Gasteiger partial charge in [0.1, 0.15) is 5.75 Å². The van der Waals surface area contributed by atoms with Gasteiger partial charge in [-0.25, -0.2) is 4.98 Å². The average Bonchev–Trinajstić information content (AvgIpc) is 2.31. The molecule has 1 heterocycles. The van der Waals surface area contributed by atoms with Crippen LogP contribution in [0, 0.1) is 6.92 Å². The van der Waals surface area contributed by atoms with Gasteiger partial charge >= 0.3 is 0 Å². The number of hydrogen-bond acceptors (Lipinski definition) is 2. The van der Waals surface area contributed by atoms with Crippen LogP contribution in [0.15, 0.2) is 48.5 Å². The maximum atomic E-state index is 5.55. The monoisotopic (exact) mass is 197 g/mol. The second kappa shape index (κ2) is 4.60. The summed E-state index contributed by atoms with van der Waals surface area (Å²) in [6.07, 6.45) is 0.423. The van der Waals surface area contributed by atoms with Crippen LogP contribution >= 0.6 is 0 Å². The van der Waals surface area contributed by atoms with Gasteiger partial charge in [-0.1, -0.05) is 24.3 Å². The van der Waals surface area contributed by atoms with E-state index in [0.29, 0.717) is 12.3 Å². The van der Waals surface area contributed by atoms with E-state index in [2.05, 4.69) is 4.98 Å². The Labute approximate surface area is 89.6 Å². The number of benzene rings is 1. The molecular weight excluding hydrogens is 186 g/mol. The van der Waals surface area contributed by atoms with E-state index in [4.69, 9.17) is 11.7 Å². The minimum absolute atomic E-state index is 0.423. The van der Waals surface area contributed by atoms with Gasteiger partial charge in [0.05, 0.1) is 0 Å². The summed E-state index contributed by atoms with van der Waals surface area (Å²) in [4.78, 5) is 4.24. The van der Waals surface area contributed by atoms with Crippen molar-refractivity contribution < 1.29 is 4.74 Å². The lowest BCUT2D eigenvalue weighted by Gasteiger charge is -2.04. The molecule has 0 atom stereocenters. The van der Waals surface area contributed by atoms with E-state index < -0.39 is 0 Å². The first kappa shape index (κ1) is 9.71. The first-order chi connectivity index (χ1) is 7.38. The molecule has 0 saturated heterocycles. The maximum absolute atomic E-state index is 5.55. The van der Waals surface area contributed by atoms with E-state index >= 15 is 0 Å². The standard InChI is InChI=1S/C13H11NO/c1-2-11-7-6-10-13(14-11)15-12-8-4-3-5-9-12/h1,3-10H,2H2. The molecule has 2 aromatic rings. The molecule has 74 valence electrons. The Morgan fingerprint density at radius 1 is 1.00 bits per heavy atom. The van der Waals surface area contributed by atoms with Gasteiger partial charge in [0, 0.05) is 11.8 Å². The van der Waals surface area contributed by atoms with Crippen LogP contribution in [0.2, 0.25) is 0 Å². The van der Waals surface area contributed by atoms with Gasteiger partial charge in [-0.2, -0.15) is 0 Å². The van der Waals surface area contributed by atoms with Crippen LogP contribution in [0.4, 0.5) is 0 Å². The topological polar surface area (TPSA) is 22.1 Å². The molecular formula is C13H11NO. The van der Waals surface area contributed by atoms with Gasteiger partial charge in [-0.05, 0) is 31.5 Å². The summed E-state index contributed by atoms with van der Waals surface area (Å²) in [5, 5.41) is 0. The number of rotatable bonds is 3. The number of pyridine rings is 1. The average molecular weight is 197 g/mol. The molecule has 1 aromatic carbocycles. The van der Waals surface area contributed by atoms with Crippen molar-refractivity contribution in [3.8, 4) is 11.6 Å². The van der Waals surface area contributed by atoms with Crippen LogP contribution in [0.5, 0.6) is 11.6 Å². The summed E-state index contributed by atoms with van der Waals surface area (Å²) in [5.41, 5.74) is 0.823. The fraction of sp³-hybridized carbons (Fsp3) is 0.0769. The SMILES string of the molecule is [CH]Cc1cccc(Oc2ccccc2)n1. The molecule has 0 bridgehead atoms. The molecule has 0 unspecified atom stereocenters. The quantitative estimate of drug-likeness (QED) is 0.754. The van der Waals surface area contributed by atoms with E-state index in [0.717, 1.165) is 11.4 Å². The Kier molecular flexibility index (Phi) is 2.98. The van der Waals surface area contributed by atoms with E-state index in [9.17, 15) is 0 Å². The normalized spacial score (nSPS) is 9.93. The summed E-state index contributed by atoms with van der Waals surface area (Å²) < 4.78 is 5.55. The molecule has 0 spiro atoms. The van der Waals surface area contributed by atoms with E-state index in [1.807, 2.05) is 48.5 Å². The molecule has 2 heteroatoms. The number of hydrogen-bond donors (Lipinski definition) is 0. The molecule has 0 amide bonds. The Balaban J connectivity index is 2.17. The Bertz CT molecular complexity index is 426. The zero-order valence-corrected chi connectivity index (χ0v) is 8.26. The number of ether oxygens (including phenoxy) is 1. The van der Waals surface area contributed by atoms with Gasteiger partial charge in [0.25, 0.3) is 0 Å². The van der Waals surface area contributed by atoms with Crippen molar-refractivity contribution in [1.29, 1.82) is 0 Å². The van der Waals surface area contributed by atoms with Crippen LogP contribution < -0.4 is 4.74 Å². The summed E-state index contributed by atoms with van der Waals surface area (Å²) in [6.45, 7) is 5.49. The van der Waals surface area contributed by atoms with Crippen molar-refractivity contribution in [3.05, 3.63) is 61.1 Å². The van der Waals surface area contributed by atoms with Gasteiger partial charge < -0.3 is 4.74 Å². The van der Waals surface area contributed by atoms with Gasteiger partial charge in [-0.15, -0.1) is 0 Å². The lowest BCUT2D eigenvalue weighted by Crippen LogP contribution is -1.91. The molecule has 15 heavy (non-hydrogen) atoms. The molecule has 0 aliphatic rings. The van der Waals surface area contributed by atoms with Crippen molar-refractivity contribution in [3.63, 3.8) is 0 Å². The van der Waals surface area contributed by atoms with Crippen LogP contribution in [-0.4, -0.2) is 4.98 Å². The third-order valence-electron chi connectivity index (χ3n) is 1.96. The molecule has 0 aliphatic carbocycles. The van der Waals surface area contributed by atoms with Gasteiger partial charge in [-0.3, -0.25) is 0 Å². The van der Waals surface area contributed by atoms with Crippen molar-refractivity contribution in [2.45, 2.75) is 6.42 Å². The maximum Gasteiger partial charge on any atom is 0.219 e. The fourth-order valence-electron chi connectivity index (χ4n) is 1.24. The molecule has 2 rings (SSSR count). The first-order valence-corrected chi connectivity index (χ1v) is 4.77. The highest BCUT2D eigenvalue weighted by Gasteiger charge is 1.98. The highest BCUT2D eigenvalue weighted by atomic mass is 16.5. The van der Waals surface area contributed by atoms with Crippen LogP contribution in [-0.2, 0) is 6.42 Å². The van der Waals surface area contributed by atoms with E-state index in [-0.39, 0.29) is 0 Å². The Morgan fingerprint density at radius 2 is 1.80 bits per heavy atom. The molecule has 0 saturated carbocycles. The molecule has 1 aromatic heterocycles. The fourth-order valence-corrected chi connectivity index (χ4v) is 1.24. The number of aromatic nitrogens is 1. The summed E-state index contributed by atoms with van der Waals surface area (Å²) in [6, 6.07) is 15.1. The third kappa shape index (κ3) is 2.56. The van der Waals surface area contributed by atoms with Crippen molar-refractivity contribution in [2.75, 3.05) is 0 Å². The molecule has 0 N–H and O–H groups in total. The summed E-state index contributed by atoms with van der Waals surface area (Å²) in [5.74, 6) is 1.35. The third-order valence-corrected chi connectivity index (χ3v) is 1.96. The summed E-state index contributed by atoms with van der Waals surface area (Å²) in [7, 11) is 0. The molecule has 2 nitrogen and oxygen atoms in total. The van der Waals surface area contributed by atoms with Crippen molar-refractivity contribution in [2.24, 2.45) is 0 Å². The van der Waals surface area contributed by atoms with Crippen LogP contribution in [0.1, 0.15) is 5.69 Å². The second-order valence-corrected chi connectivity index (χ2v) is 3.09. The van der Waals surface area contributed by atoms with Crippen molar-refractivity contribution in [1.82, 2.24) is 4.98 Å².